The molecule has 0 spiro atoms. The van der Waals surface area contributed by atoms with E-state index in [2.05, 4.69) is 5.32 Å². The number of rotatable bonds is 3. The number of anilines is 1. The number of para-hydroxylation sites is 1. The fourth-order valence-corrected chi connectivity index (χ4v) is 1.34. The Hall–Kier alpha value is -1.88. The third kappa shape index (κ3) is 1.97. The Labute approximate surface area is 86.6 Å². The molecule has 1 atom stereocenters. The maximum absolute atomic E-state index is 10.9. The standard InChI is InChI=1S/C10H9N2O3/c13-7-12(8-4-2-1-3-5-8)10-11-9(14)6-15-10/h1-5,10H,6H2,(H,11,14). The van der Waals surface area contributed by atoms with Crippen LogP contribution in [0.15, 0.2) is 30.3 Å². The second-order valence-electron chi connectivity index (χ2n) is 3.03. The van der Waals surface area contributed by atoms with Crippen LogP contribution in [0.2, 0.25) is 0 Å². The van der Waals surface area contributed by atoms with Gasteiger partial charge in [-0.1, -0.05) is 18.2 Å². The van der Waals surface area contributed by atoms with Crippen LogP contribution in [0.4, 0.5) is 5.69 Å². The highest BCUT2D eigenvalue weighted by Gasteiger charge is 2.28. The van der Waals surface area contributed by atoms with Crippen molar-refractivity contribution < 1.29 is 14.3 Å². The predicted octanol–water partition coefficient (Wildman–Crippen LogP) is -0.00980. The Morgan fingerprint density at radius 3 is 2.67 bits per heavy atom. The minimum Gasteiger partial charge on any atom is -0.330 e. The van der Waals surface area contributed by atoms with E-state index in [9.17, 15) is 9.59 Å². The highest BCUT2D eigenvalue weighted by atomic mass is 16.5. The van der Waals surface area contributed by atoms with Crippen molar-refractivity contribution in [2.75, 3.05) is 11.5 Å². The topological polar surface area (TPSA) is 58.6 Å². The third-order valence-corrected chi connectivity index (χ3v) is 2.02. The van der Waals surface area contributed by atoms with Gasteiger partial charge in [0, 0.05) is 5.69 Å². The molecule has 1 heterocycles. The number of amides is 2. The van der Waals surface area contributed by atoms with Crippen LogP contribution in [0, 0.1) is 0 Å². The Bertz CT molecular complexity index is 366. The number of nitrogens with one attached hydrogen (secondary N) is 1. The molecule has 15 heavy (non-hydrogen) atoms. The van der Waals surface area contributed by atoms with Gasteiger partial charge in [0.25, 0.3) is 0 Å². The van der Waals surface area contributed by atoms with E-state index in [0.29, 0.717) is 5.69 Å². The lowest BCUT2D eigenvalue weighted by atomic mass is 10.3. The summed E-state index contributed by atoms with van der Waals surface area (Å²) < 4.78 is 5.08. The largest absolute Gasteiger partial charge is 0.330 e. The minimum atomic E-state index is -0.752. The summed E-state index contributed by atoms with van der Waals surface area (Å²) in [4.78, 5) is 22.9. The molecule has 1 saturated heterocycles. The van der Waals surface area contributed by atoms with Gasteiger partial charge in [0.1, 0.15) is 6.61 Å². The maximum atomic E-state index is 10.9. The average molecular weight is 205 g/mol. The molecule has 1 aliphatic rings. The van der Waals surface area contributed by atoms with Crippen molar-refractivity contribution in [3.63, 3.8) is 0 Å². The molecule has 0 aromatic heterocycles. The molecule has 5 heteroatoms. The van der Waals surface area contributed by atoms with E-state index >= 15 is 0 Å². The zero-order valence-corrected chi connectivity index (χ0v) is 7.84. The first-order valence-electron chi connectivity index (χ1n) is 4.44. The van der Waals surface area contributed by atoms with Crippen molar-refractivity contribution in [3.8, 4) is 0 Å². The predicted molar refractivity (Wildman–Crippen MR) is 52.5 cm³/mol. The van der Waals surface area contributed by atoms with Gasteiger partial charge >= 0.3 is 6.41 Å². The van der Waals surface area contributed by atoms with Gasteiger partial charge < -0.3 is 10.1 Å². The molecule has 5 nitrogen and oxygen atoms in total. The Balaban J connectivity index is 2.18. The molecule has 2 rings (SSSR count). The monoisotopic (exact) mass is 205 g/mol. The third-order valence-electron chi connectivity index (χ3n) is 2.02. The van der Waals surface area contributed by atoms with Crippen LogP contribution in [0.1, 0.15) is 0 Å². The fraction of sp³-hybridized carbons (Fsp3) is 0.200. The van der Waals surface area contributed by atoms with Gasteiger partial charge in [-0.2, -0.15) is 0 Å². The van der Waals surface area contributed by atoms with Crippen molar-refractivity contribution >= 4 is 18.0 Å². The zero-order valence-electron chi connectivity index (χ0n) is 7.84. The van der Waals surface area contributed by atoms with E-state index in [4.69, 9.17) is 4.74 Å². The minimum absolute atomic E-state index is 0.0321. The van der Waals surface area contributed by atoms with Crippen molar-refractivity contribution in [2.24, 2.45) is 0 Å². The first-order chi connectivity index (χ1) is 7.31. The SMILES string of the molecule is O=[C]N(c1ccccc1)C1NC(=O)CO1. The molecule has 0 saturated carbocycles. The second-order valence-corrected chi connectivity index (χ2v) is 3.03. The summed E-state index contributed by atoms with van der Waals surface area (Å²) in [6, 6.07) is 8.88. The first kappa shape index (κ1) is 9.67. The highest BCUT2D eigenvalue weighted by Crippen LogP contribution is 2.15. The molecule has 0 aliphatic carbocycles. The summed E-state index contributed by atoms with van der Waals surface area (Å²) in [6.07, 6.45) is 0.972. The number of hydrogen-bond donors (Lipinski definition) is 1. The van der Waals surface area contributed by atoms with Gasteiger partial charge in [0.15, 0.2) is 0 Å². The molecule has 1 unspecified atom stereocenters. The lowest BCUT2D eigenvalue weighted by Crippen LogP contribution is -2.43. The van der Waals surface area contributed by atoms with Crippen LogP contribution < -0.4 is 10.2 Å². The zero-order chi connectivity index (χ0) is 10.7. The molecule has 1 radical (unpaired) electrons. The van der Waals surface area contributed by atoms with Crippen LogP contribution in [0.3, 0.4) is 0 Å². The molecule has 2 amide bonds. The second kappa shape index (κ2) is 4.10. The number of nitrogens with zero attached hydrogens (tertiary/aromatic N) is 1. The summed E-state index contributed by atoms with van der Waals surface area (Å²) in [7, 11) is 0. The summed E-state index contributed by atoms with van der Waals surface area (Å²) >= 11 is 0. The molecular weight excluding hydrogens is 196 g/mol. The molecule has 1 fully saturated rings. The van der Waals surface area contributed by atoms with E-state index in [1.807, 2.05) is 6.07 Å². The Morgan fingerprint density at radius 1 is 1.40 bits per heavy atom. The molecule has 77 valence electrons. The van der Waals surface area contributed by atoms with E-state index in [1.54, 1.807) is 30.7 Å². The summed E-state index contributed by atoms with van der Waals surface area (Å²) in [5.41, 5.74) is 0.625. The van der Waals surface area contributed by atoms with Crippen LogP contribution in [0.5, 0.6) is 0 Å². The van der Waals surface area contributed by atoms with Crippen LogP contribution in [-0.2, 0) is 14.3 Å². The lowest BCUT2D eigenvalue weighted by molar-refractivity contribution is -0.119. The molecule has 1 aromatic rings. The van der Waals surface area contributed by atoms with Crippen LogP contribution in [0.25, 0.3) is 0 Å². The molecular formula is C10H9N2O3. The molecule has 1 N–H and O–H groups in total. The van der Waals surface area contributed by atoms with Crippen molar-refractivity contribution in [1.29, 1.82) is 0 Å². The van der Waals surface area contributed by atoms with E-state index in [0.717, 1.165) is 0 Å². The Kier molecular flexibility index (Phi) is 2.64. The normalized spacial score (nSPS) is 19.7. The summed E-state index contributed by atoms with van der Waals surface area (Å²) in [5, 5.41) is 2.51. The van der Waals surface area contributed by atoms with Gasteiger partial charge in [0.2, 0.25) is 12.3 Å². The van der Waals surface area contributed by atoms with Gasteiger partial charge in [-0.05, 0) is 12.1 Å². The smallest absolute Gasteiger partial charge is 0.320 e. The number of benzene rings is 1. The fourth-order valence-electron chi connectivity index (χ4n) is 1.34. The van der Waals surface area contributed by atoms with Crippen LogP contribution >= 0.6 is 0 Å². The van der Waals surface area contributed by atoms with E-state index in [1.165, 1.54) is 4.90 Å². The van der Waals surface area contributed by atoms with E-state index < -0.39 is 6.35 Å². The Morgan fingerprint density at radius 2 is 2.13 bits per heavy atom. The van der Waals surface area contributed by atoms with Gasteiger partial charge in [0.05, 0.1) is 0 Å². The maximum Gasteiger partial charge on any atom is 0.320 e. The summed E-state index contributed by atoms with van der Waals surface area (Å²) in [5.74, 6) is -0.240. The molecule has 1 aliphatic heterocycles. The van der Waals surface area contributed by atoms with Gasteiger partial charge in [-0.25, -0.2) is 0 Å². The quantitative estimate of drug-likeness (QED) is 0.706. The number of carbonyl (C=O) groups is 1. The van der Waals surface area contributed by atoms with Crippen molar-refractivity contribution in [2.45, 2.75) is 6.35 Å². The van der Waals surface area contributed by atoms with Crippen LogP contribution in [-0.4, -0.2) is 25.3 Å². The molecule has 0 bridgehead atoms. The lowest BCUT2D eigenvalue weighted by Gasteiger charge is -2.21. The highest BCUT2D eigenvalue weighted by molar-refractivity contribution is 5.83. The summed E-state index contributed by atoms with van der Waals surface area (Å²) in [6.45, 7) is -0.0321. The van der Waals surface area contributed by atoms with Crippen molar-refractivity contribution in [1.82, 2.24) is 5.32 Å². The number of carbonyl (C=O) groups excluding carboxylic acids is 2. The average Bonchev–Trinajstić information content (AvgIpc) is 2.68. The van der Waals surface area contributed by atoms with Gasteiger partial charge in [-0.3, -0.25) is 14.5 Å². The number of ether oxygens (including phenoxy) is 1. The number of hydrogen-bond acceptors (Lipinski definition) is 3. The first-order valence-corrected chi connectivity index (χ1v) is 4.44. The van der Waals surface area contributed by atoms with Crippen molar-refractivity contribution in [3.05, 3.63) is 30.3 Å². The molecule has 1 aromatic carbocycles. The van der Waals surface area contributed by atoms with E-state index in [-0.39, 0.29) is 12.5 Å². The van der Waals surface area contributed by atoms with Gasteiger partial charge in [-0.15, -0.1) is 0 Å².